The molecule has 0 radical (unpaired) electrons. The number of amidine groups is 1. The number of aliphatic imine (C=N–C) groups is 1. The quantitative estimate of drug-likeness (QED) is 0.220. The lowest BCUT2D eigenvalue weighted by molar-refractivity contribution is -0.141. The van der Waals surface area contributed by atoms with E-state index >= 15 is 0 Å². The van der Waals surface area contributed by atoms with E-state index in [1.54, 1.807) is 13.2 Å². The van der Waals surface area contributed by atoms with E-state index in [0.29, 0.717) is 30.0 Å². The Kier molecular flexibility index (Phi) is 6.35. The fraction of sp³-hybridized carbons (Fsp3) is 0.241. The molecule has 36 heavy (non-hydrogen) atoms. The molecule has 5 rings (SSSR count). The Bertz CT molecular complexity index is 1360. The van der Waals surface area contributed by atoms with Gasteiger partial charge in [0.2, 0.25) is 11.4 Å². The molecular weight excluding hydrogens is 454 g/mol. The Morgan fingerprint density at radius 2 is 1.78 bits per heavy atom. The number of hydrogen-bond donors (Lipinski definition) is 1. The van der Waals surface area contributed by atoms with Crippen molar-refractivity contribution in [2.24, 2.45) is 4.99 Å². The second-order valence-corrected chi connectivity index (χ2v) is 9.15. The van der Waals surface area contributed by atoms with Gasteiger partial charge in [-0.25, -0.2) is 10.0 Å². The molecule has 0 saturated carbocycles. The summed E-state index contributed by atoms with van der Waals surface area (Å²) in [7, 11) is 4.42. The Labute approximate surface area is 211 Å². The van der Waals surface area contributed by atoms with Gasteiger partial charge in [0.15, 0.2) is 5.75 Å². The Morgan fingerprint density at radius 3 is 2.50 bits per heavy atom. The molecule has 0 spiro atoms. The number of aryl methyl sites for hydroxylation is 2. The third kappa shape index (κ3) is 4.27. The van der Waals surface area contributed by atoms with E-state index in [0.717, 1.165) is 36.5 Å². The molecule has 7 nitrogen and oxygen atoms in total. The molecule has 1 N–H and O–H groups in total. The van der Waals surface area contributed by atoms with Crippen molar-refractivity contribution in [3.63, 3.8) is 0 Å². The SMILES string of the molecule is COc1cc(CCc2ccc(C3=Cc4ccccc4C4=NCCN34)cc2)cc([N+](C)(O)C=O)c1OC. The summed E-state index contributed by atoms with van der Waals surface area (Å²) in [6, 6.07) is 20.7. The van der Waals surface area contributed by atoms with Gasteiger partial charge in [0.25, 0.3) is 0 Å². The van der Waals surface area contributed by atoms with Crippen molar-refractivity contribution in [3.8, 4) is 11.5 Å². The van der Waals surface area contributed by atoms with E-state index < -0.39 is 4.65 Å². The molecule has 0 saturated heterocycles. The number of hydrogen-bond acceptors (Lipinski definition) is 6. The van der Waals surface area contributed by atoms with Crippen LogP contribution in [0.5, 0.6) is 11.5 Å². The first kappa shape index (κ1) is 23.8. The zero-order valence-corrected chi connectivity index (χ0v) is 20.8. The molecule has 1 amide bonds. The van der Waals surface area contributed by atoms with Crippen molar-refractivity contribution >= 4 is 29.7 Å². The summed E-state index contributed by atoms with van der Waals surface area (Å²) in [5.74, 6) is 1.88. The summed E-state index contributed by atoms with van der Waals surface area (Å²) in [4.78, 5) is 18.6. The van der Waals surface area contributed by atoms with E-state index in [1.165, 1.54) is 36.5 Å². The molecule has 1 unspecified atom stereocenters. The molecule has 3 aromatic carbocycles. The molecule has 1 atom stereocenters. The number of fused-ring (bicyclic) bond motifs is 3. The standard InChI is InChI=1S/C29H30N3O4/c1-32(34,19-33)26-16-21(17-27(35-2)28(26)36-3)9-8-20-10-12-22(13-11-20)25-18-23-6-4-5-7-24(23)29-30-14-15-31(25)29/h4-7,10-13,16-19,34H,8-9,14-15H2,1-3H3/q+1. The van der Waals surface area contributed by atoms with Gasteiger partial charge in [-0.3, -0.25) is 4.99 Å². The van der Waals surface area contributed by atoms with Gasteiger partial charge < -0.3 is 14.4 Å². The third-order valence-corrected chi connectivity index (χ3v) is 6.79. The zero-order valence-electron chi connectivity index (χ0n) is 20.8. The van der Waals surface area contributed by atoms with Crippen molar-refractivity contribution in [1.82, 2.24) is 9.55 Å². The lowest BCUT2D eigenvalue weighted by atomic mass is 9.96. The van der Waals surface area contributed by atoms with Crippen molar-refractivity contribution in [2.45, 2.75) is 12.8 Å². The van der Waals surface area contributed by atoms with Crippen LogP contribution in [0.25, 0.3) is 11.8 Å². The number of carbonyl (C=O) groups is 1. The Hall–Kier alpha value is -3.94. The van der Waals surface area contributed by atoms with Crippen LogP contribution in [0.3, 0.4) is 0 Å². The lowest BCUT2D eigenvalue weighted by Gasteiger charge is -2.29. The molecule has 0 aliphatic carbocycles. The highest BCUT2D eigenvalue weighted by atomic mass is 16.6. The van der Waals surface area contributed by atoms with Crippen LogP contribution in [-0.4, -0.2) is 56.7 Å². The largest absolute Gasteiger partial charge is 0.493 e. The van der Waals surface area contributed by atoms with Gasteiger partial charge in [-0.05, 0) is 47.2 Å². The maximum Gasteiger partial charge on any atom is 0.338 e. The first-order valence-electron chi connectivity index (χ1n) is 12.0. The monoisotopic (exact) mass is 484 g/mol. The van der Waals surface area contributed by atoms with E-state index in [1.807, 2.05) is 6.07 Å². The minimum atomic E-state index is -0.942. The number of rotatable bonds is 8. The second kappa shape index (κ2) is 9.60. The minimum Gasteiger partial charge on any atom is -0.493 e. The molecule has 0 bridgehead atoms. The van der Waals surface area contributed by atoms with Crippen LogP contribution in [0.2, 0.25) is 0 Å². The van der Waals surface area contributed by atoms with Gasteiger partial charge in [0, 0.05) is 18.2 Å². The maximum absolute atomic E-state index is 11.5. The van der Waals surface area contributed by atoms with Crippen LogP contribution in [0, 0.1) is 0 Å². The van der Waals surface area contributed by atoms with Crippen LogP contribution >= 0.6 is 0 Å². The van der Waals surface area contributed by atoms with Gasteiger partial charge in [-0.2, -0.15) is 0 Å². The normalized spacial score (nSPS) is 15.8. The van der Waals surface area contributed by atoms with Gasteiger partial charge in [0.05, 0.1) is 26.5 Å². The van der Waals surface area contributed by atoms with E-state index in [9.17, 15) is 10.0 Å². The van der Waals surface area contributed by atoms with Gasteiger partial charge >= 0.3 is 6.41 Å². The summed E-state index contributed by atoms with van der Waals surface area (Å²) in [5, 5.41) is 10.5. The fourth-order valence-corrected chi connectivity index (χ4v) is 4.87. The summed E-state index contributed by atoms with van der Waals surface area (Å²) in [5.41, 5.74) is 7.20. The summed E-state index contributed by atoms with van der Waals surface area (Å²) in [6.45, 7) is 1.70. The summed E-state index contributed by atoms with van der Waals surface area (Å²) >= 11 is 0. The number of amides is 1. The predicted octanol–water partition coefficient (Wildman–Crippen LogP) is 4.55. The molecule has 0 aromatic heterocycles. The van der Waals surface area contributed by atoms with E-state index in [-0.39, 0.29) is 0 Å². The first-order valence-corrected chi connectivity index (χ1v) is 12.0. The average molecular weight is 485 g/mol. The molecule has 2 aliphatic rings. The molecule has 2 heterocycles. The molecule has 0 fully saturated rings. The van der Waals surface area contributed by atoms with Crippen molar-refractivity contribution in [1.29, 1.82) is 0 Å². The number of methoxy groups -OCH3 is 2. The Balaban J connectivity index is 1.37. The second-order valence-electron chi connectivity index (χ2n) is 9.15. The molecule has 184 valence electrons. The number of quaternary nitrogens is 1. The van der Waals surface area contributed by atoms with Crippen molar-refractivity contribution in [2.75, 3.05) is 34.4 Å². The highest BCUT2D eigenvalue weighted by Gasteiger charge is 2.31. The van der Waals surface area contributed by atoms with E-state index in [4.69, 9.17) is 14.5 Å². The zero-order chi connectivity index (χ0) is 25.3. The van der Waals surface area contributed by atoms with Gasteiger partial charge in [-0.1, -0.05) is 53.2 Å². The van der Waals surface area contributed by atoms with Crippen LogP contribution in [0.4, 0.5) is 5.69 Å². The van der Waals surface area contributed by atoms with Crippen LogP contribution in [0.15, 0.2) is 65.7 Å². The van der Waals surface area contributed by atoms with Crippen LogP contribution in [0.1, 0.15) is 27.8 Å². The topological polar surface area (TPSA) is 71.4 Å². The van der Waals surface area contributed by atoms with Crippen molar-refractivity contribution in [3.05, 3.63) is 88.5 Å². The van der Waals surface area contributed by atoms with Crippen molar-refractivity contribution < 1.29 is 19.5 Å². The molecular formula is C29H30N3O4+. The van der Waals surface area contributed by atoms with Crippen LogP contribution < -0.4 is 14.1 Å². The first-order chi connectivity index (χ1) is 17.4. The fourth-order valence-electron chi connectivity index (χ4n) is 4.87. The number of benzene rings is 3. The number of nitrogens with zero attached hydrogens (tertiary/aromatic N) is 3. The highest BCUT2D eigenvalue weighted by molar-refractivity contribution is 6.12. The average Bonchev–Trinajstić information content (AvgIpc) is 3.41. The lowest BCUT2D eigenvalue weighted by Crippen LogP contribution is -2.39. The number of carbonyl (C=O) groups excluding carboxylic acids is 1. The summed E-state index contributed by atoms with van der Waals surface area (Å²) in [6.07, 6.45) is 4.21. The highest BCUT2D eigenvalue weighted by Crippen LogP contribution is 2.40. The number of ether oxygens (including phenoxy) is 2. The third-order valence-electron chi connectivity index (χ3n) is 6.79. The smallest absolute Gasteiger partial charge is 0.338 e. The molecule has 7 heteroatoms. The Morgan fingerprint density at radius 1 is 1.03 bits per heavy atom. The molecule has 2 aliphatic heterocycles. The summed E-state index contributed by atoms with van der Waals surface area (Å²) < 4.78 is 9.95. The van der Waals surface area contributed by atoms with Gasteiger partial charge in [-0.15, -0.1) is 0 Å². The number of hydroxylamine groups is 2. The minimum absolute atomic E-state index is 0.338. The van der Waals surface area contributed by atoms with Gasteiger partial charge in [0.1, 0.15) is 12.9 Å². The molecule has 3 aromatic rings. The van der Waals surface area contributed by atoms with Crippen LogP contribution in [-0.2, 0) is 17.6 Å². The maximum atomic E-state index is 11.5. The van der Waals surface area contributed by atoms with E-state index in [2.05, 4.69) is 59.5 Å². The predicted molar refractivity (Wildman–Crippen MR) is 141 cm³/mol.